The topological polar surface area (TPSA) is 17.8 Å². The fourth-order valence-electron chi connectivity index (χ4n) is 1.77. The van der Waals surface area contributed by atoms with Crippen molar-refractivity contribution in [1.29, 1.82) is 0 Å². The summed E-state index contributed by atoms with van der Waals surface area (Å²) in [5.41, 5.74) is 1.15. The normalized spacial score (nSPS) is 11.8. The molecule has 2 nitrogen and oxygen atoms in total. The molecule has 0 N–H and O–H groups in total. The highest BCUT2D eigenvalue weighted by atomic mass is 32.1. The number of benzene rings is 1. The molecule has 0 saturated carbocycles. The van der Waals surface area contributed by atoms with Crippen LogP contribution < -0.4 is 0 Å². The summed E-state index contributed by atoms with van der Waals surface area (Å²) in [5, 5.41) is 3.50. The Morgan fingerprint density at radius 1 is 1.28 bits per heavy atom. The first-order valence-corrected chi connectivity index (χ1v) is 5.87. The maximum Gasteiger partial charge on any atom is 0.435 e. The van der Waals surface area contributed by atoms with Gasteiger partial charge < -0.3 is 0 Å². The van der Waals surface area contributed by atoms with Gasteiger partial charge in [-0.25, -0.2) is 0 Å². The van der Waals surface area contributed by atoms with Crippen molar-refractivity contribution in [1.82, 2.24) is 9.78 Å². The summed E-state index contributed by atoms with van der Waals surface area (Å²) in [6.07, 6.45) is -4.42. The lowest BCUT2D eigenvalue weighted by Crippen LogP contribution is -2.06. The predicted molar refractivity (Wildman–Crippen MR) is 66.3 cm³/mol. The lowest BCUT2D eigenvalue weighted by molar-refractivity contribution is -0.141. The molecule has 0 fully saturated rings. The fourth-order valence-corrected chi connectivity index (χ4v) is 2.04. The fraction of sp³-hybridized carbons (Fsp3) is 0.250. The molecule has 0 saturated heterocycles. The monoisotopic (exact) mass is 272 g/mol. The van der Waals surface area contributed by atoms with Gasteiger partial charge in [-0.2, -0.15) is 30.9 Å². The van der Waals surface area contributed by atoms with Crippen LogP contribution in [0, 0.1) is 0 Å². The second kappa shape index (κ2) is 4.68. The molecular formula is C12H11F3N2S. The third kappa shape index (κ3) is 2.38. The van der Waals surface area contributed by atoms with Gasteiger partial charge in [0.05, 0.1) is 5.69 Å². The van der Waals surface area contributed by atoms with E-state index in [0.717, 1.165) is 17.2 Å². The van der Waals surface area contributed by atoms with Crippen molar-refractivity contribution in [2.75, 3.05) is 0 Å². The number of halogens is 3. The predicted octanol–water partition coefficient (Wildman–Crippen LogP) is 3.54. The molecule has 0 bridgehead atoms. The van der Waals surface area contributed by atoms with E-state index in [1.807, 2.05) is 12.1 Å². The smallest absolute Gasteiger partial charge is 0.267 e. The lowest BCUT2D eigenvalue weighted by atomic mass is 10.1. The van der Waals surface area contributed by atoms with Crippen LogP contribution in [0.15, 0.2) is 30.3 Å². The lowest BCUT2D eigenvalue weighted by Gasteiger charge is -2.06. The number of hydrogen-bond acceptors (Lipinski definition) is 2. The number of thiol groups is 1. The van der Waals surface area contributed by atoms with E-state index in [2.05, 4.69) is 17.7 Å². The highest BCUT2D eigenvalue weighted by molar-refractivity contribution is 7.79. The molecule has 0 aliphatic rings. The van der Waals surface area contributed by atoms with E-state index in [1.54, 1.807) is 12.1 Å². The Morgan fingerprint density at radius 2 is 1.94 bits per heavy atom. The summed E-state index contributed by atoms with van der Waals surface area (Å²) < 4.78 is 39.0. The Balaban J connectivity index is 2.55. The molecule has 0 atom stereocenters. The molecule has 6 heteroatoms. The van der Waals surface area contributed by atoms with Gasteiger partial charge >= 0.3 is 6.18 Å². The molecule has 1 aromatic carbocycles. The van der Waals surface area contributed by atoms with E-state index in [9.17, 15) is 13.2 Å². The van der Waals surface area contributed by atoms with E-state index >= 15 is 0 Å². The van der Waals surface area contributed by atoms with Crippen molar-refractivity contribution in [2.24, 2.45) is 7.05 Å². The van der Waals surface area contributed by atoms with Crippen molar-refractivity contribution in [2.45, 2.75) is 11.9 Å². The molecule has 96 valence electrons. The Morgan fingerprint density at radius 3 is 2.50 bits per heavy atom. The Hall–Kier alpha value is -1.43. The first kappa shape index (κ1) is 13.0. The van der Waals surface area contributed by atoms with Crippen LogP contribution in [0.3, 0.4) is 0 Å². The van der Waals surface area contributed by atoms with Gasteiger partial charge in [0, 0.05) is 18.4 Å². The average Bonchev–Trinajstić information content (AvgIpc) is 2.71. The quantitative estimate of drug-likeness (QED) is 0.828. The molecule has 1 aromatic heterocycles. The van der Waals surface area contributed by atoms with Crippen LogP contribution in [0.25, 0.3) is 11.3 Å². The number of alkyl halides is 3. The van der Waals surface area contributed by atoms with Crippen molar-refractivity contribution in [3.05, 3.63) is 41.6 Å². The number of aromatic nitrogens is 2. The van der Waals surface area contributed by atoms with Gasteiger partial charge in [0.1, 0.15) is 0 Å². The van der Waals surface area contributed by atoms with Gasteiger partial charge in [-0.3, -0.25) is 4.68 Å². The zero-order chi connectivity index (χ0) is 13.3. The second-order valence-corrected chi connectivity index (χ2v) is 4.17. The summed E-state index contributed by atoms with van der Waals surface area (Å²) in [7, 11) is 1.50. The summed E-state index contributed by atoms with van der Waals surface area (Å²) in [6, 6.07) is 8.27. The number of nitrogens with zero attached hydrogens (tertiary/aromatic N) is 2. The number of hydrogen-bond donors (Lipinski definition) is 1. The molecule has 1 heterocycles. The van der Waals surface area contributed by atoms with Gasteiger partial charge in [0.25, 0.3) is 0 Å². The Bertz CT molecular complexity index is 561. The number of rotatable bonds is 2. The first-order valence-electron chi connectivity index (χ1n) is 5.24. The Labute approximate surface area is 108 Å². The van der Waals surface area contributed by atoms with Crippen LogP contribution in [-0.4, -0.2) is 9.78 Å². The third-order valence-electron chi connectivity index (χ3n) is 2.63. The zero-order valence-corrected chi connectivity index (χ0v) is 10.5. The van der Waals surface area contributed by atoms with E-state index in [-0.39, 0.29) is 0 Å². The highest BCUT2D eigenvalue weighted by Gasteiger charge is 2.34. The standard InChI is InChI=1S/C12H11F3N2S/c1-17-10(6-11(16-17)12(13,14)15)9-5-3-2-4-8(9)7-18/h2-6,18H,7H2,1H3. The Kier molecular flexibility index (Phi) is 3.38. The SMILES string of the molecule is Cn1nc(C(F)(F)F)cc1-c1ccccc1CS. The molecule has 0 aliphatic carbocycles. The van der Waals surface area contributed by atoms with Gasteiger partial charge in [-0.1, -0.05) is 24.3 Å². The molecule has 18 heavy (non-hydrogen) atoms. The molecule has 0 spiro atoms. The molecule has 0 amide bonds. The summed E-state index contributed by atoms with van der Waals surface area (Å²) >= 11 is 4.18. The minimum absolute atomic E-state index is 0.437. The molecule has 2 rings (SSSR count). The van der Waals surface area contributed by atoms with E-state index in [1.165, 1.54) is 11.7 Å². The van der Waals surface area contributed by atoms with Gasteiger partial charge in [-0.05, 0) is 11.6 Å². The zero-order valence-electron chi connectivity index (χ0n) is 9.57. The maximum absolute atomic E-state index is 12.6. The molecular weight excluding hydrogens is 261 g/mol. The summed E-state index contributed by atoms with van der Waals surface area (Å²) in [4.78, 5) is 0. The van der Waals surface area contributed by atoms with Crippen molar-refractivity contribution >= 4 is 12.6 Å². The van der Waals surface area contributed by atoms with E-state index in [0.29, 0.717) is 11.4 Å². The van der Waals surface area contributed by atoms with Crippen molar-refractivity contribution < 1.29 is 13.2 Å². The minimum Gasteiger partial charge on any atom is -0.267 e. The average molecular weight is 272 g/mol. The van der Waals surface area contributed by atoms with E-state index in [4.69, 9.17) is 0 Å². The van der Waals surface area contributed by atoms with Crippen molar-refractivity contribution in [3.63, 3.8) is 0 Å². The molecule has 0 radical (unpaired) electrons. The first-order chi connectivity index (χ1) is 8.43. The van der Waals surface area contributed by atoms with Crippen LogP contribution in [-0.2, 0) is 19.0 Å². The van der Waals surface area contributed by atoms with Crippen LogP contribution in [0.1, 0.15) is 11.3 Å². The van der Waals surface area contributed by atoms with Gasteiger partial charge in [-0.15, -0.1) is 0 Å². The van der Waals surface area contributed by atoms with Crippen molar-refractivity contribution in [3.8, 4) is 11.3 Å². The van der Waals surface area contributed by atoms with Crippen LogP contribution in [0.5, 0.6) is 0 Å². The molecule has 2 aromatic rings. The van der Waals surface area contributed by atoms with Crippen LogP contribution in [0.4, 0.5) is 13.2 Å². The minimum atomic E-state index is -4.42. The molecule has 0 unspecified atom stereocenters. The third-order valence-corrected chi connectivity index (χ3v) is 2.97. The highest BCUT2D eigenvalue weighted by Crippen LogP contribution is 2.32. The number of aryl methyl sites for hydroxylation is 1. The largest absolute Gasteiger partial charge is 0.435 e. The van der Waals surface area contributed by atoms with Crippen LogP contribution >= 0.6 is 12.6 Å². The summed E-state index contributed by atoms with van der Waals surface area (Å²) in [6.45, 7) is 0. The second-order valence-electron chi connectivity index (χ2n) is 3.85. The van der Waals surface area contributed by atoms with Gasteiger partial charge in [0.15, 0.2) is 5.69 Å². The summed E-state index contributed by atoms with van der Waals surface area (Å²) in [5.74, 6) is 0.461. The van der Waals surface area contributed by atoms with E-state index < -0.39 is 11.9 Å². The molecule has 0 aliphatic heterocycles. The van der Waals surface area contributed by atoms with Gasteiger partial charge in [0.2, 0.25) is 0 Å². The van der Waals surface area contributed by atoms with Crippen LogP contribution in [0.2, 0.25) is 0 Å². The maximum atomic E-state index is 12.6.